The Bertz CT molecular complexity index is 1170. The molecule has 1 fully saturated rings. The van der Waals surface area contributed by atoms with Gasteiger partial charge in [0, 0.05) is 0 Å². The molecule has 0 atom stereocenters. The van der Waals surface area contributed by atoms with E-state index in [1.807, 2.05) is 25.1 Å². The summed E-state index contributed by atoms with van der Waals surface area (Å²) in [6, 6.07) is 9.09. The summed E-state index contributed by atoms with van der Waals surface area (Å²) < 4.78 is 16.1. The number of amides is 2. The van der Waals surface area contributed by atoms with Crippen LogP contribution in [0.5, 0.6) is 11.5 Å². The number of aryl methyl sites for hydroxylation is 1. The first-order chi connectivity index (χ1) is 17.1. The molecule has 0 spiro atoms. The highest BCUT2D eigenvalue weighted by Gasteiger charge is 2.35. The molecule has 1 aliphatic rings. The Labute approximate surface area is 224 Å². The van der Waals surface area contributed by atoms with E-state index in [-0.39, 0.29) is 58.2 Å². The van der Waals surface area contributed by atoms with Gasteiger partial charge in [0.2, 0.25) is 0 Å². The first kappa shape index (κ1) is 27.9. The van der Waals surface area contributed by atoms with Crippen molar-refractivity contribution in [2.24, 2.45) is 0 Å². The summed E-state index contributed by atoms with van der Waals surface area (Å²) in [7, 11) is 0. The zero-order valence-corrected chi connectivity index (χ0v) is 22.8. The fourth-order valence-corrected chi connectivity index (χ4v) is 4.95. The van der Waals surface area contributed by atoms with Crippen molar-refractivity contribution in [2.45, 2.75) is 33.6 Å². The normalized spacial score (nSPS) is 14.6. The second kappa shape index (κ2) is 12.5. The molecule has 1 saturated heterocycles. The van der Waals surface area contributed by atoms with Gasteiger partial charge in [-0.3, -0.25) is 14.5 Å². The van der Waals surface area contributed by atoms with Crippen molar-refractivity contribution in [2.75, 3.05) is 26.4 Å². The maximum absolute atomic E-state index is 12.9. The first-order valence-corrected chi connectivity index (χ1v) is 12.9. The fraction of sp³-hybridized carbons (Fsp3) is 0.346. The van der Waals surface area contributed by atoms with Crippen LogP contribution in [0.15, 0.2) is 35.2 Å². The molecule has 2 aromatic rings. The molecule has 0 saturated carbocycles. The SMILES string of the molecule is CCOC(=O)COc1c(Cl)cc(/C=C2\SC(=O)N(CCOc3cc(C)ccc3C(C)C)C2=O)cc1Cl. The van der Waals surface area contributed by atoms with Crippen molar-refractivity contribution >= 4 is 58.2 Å². The second-order valence-corrected chi connectivity index (χ2v) is 10.1. The molecule has 192 valence electrons. The first-order valence-electron chi connectivity index (χ1n) is 11.4. The standard InChI is InChI=1S/C26H27Cl2NO6S/c1-5-33-23(30)14-35-24-19(27)11-17(12-20(24)28)13-22-25(31)29(26(32)36-22)8-9-34-21-10-16(4)6-7-18(21)15(2)3/h6-7,10-13,15H,5,8-9,14H2,1-4H3/b22-13-. The van der Waals surface area contributed by atoms with E-state index in [0.717, 1.165) is 33.5 Å². The summed E-state index contributed by atoms with van der Waals surface area (Å²) in [4.78, 5) is 38.3. The van der Waals surface area contributed by atoms with Gasteiger partial charge in [-0.25, -0.2) is 4.79 Å². The third-order valence-corrected chi connectivity index (χ3v) is 6.66. The van der Waals surface area contributed by atoms with E-state index in [4.69, 9.17) is 37.4 Å². The van der Waals surface area contributed by atoms with Crippen molar-refractivity contribution in [1.29, 1.82) is 0 Å². The molecule has 2 aromatic carbocycles. The Balaban J connectivity index is 1.67. The maximum atomic E-state index is 12.9. The minimum atomic E-state index is -0.547. The molecule has 0 aromatic heterocycles. The van der Waals surface area contributed by atoms with Crippen LogP contribution in [0, 0.1) is 6.92 Å². The lowest BCUT2D eigenvalue weighted by molar-refractivity contribution is -0.145. The minimum absolute atomic E-state index is 0.121. The molecule has 1 heterocycles. The van der Waals surface area contributed by atoms with Crippen LogP contribution in [0.2, 0.25) is 10.0 Å². The molecule has 0 unspecified atom stereocenters. The molecular weight excluding hydrogens is 525 g/mol. The lowest BCUT2D eigenvalue weighted by Gasteiger charge is -2.17. The van der Waals surface area contributed by atoms with E-state index >= 15 is 0 Å². The van der Waals surface area contributed by atoms with E-state index in [9.17, 15) is 14.4 Å². The van der Waals surface area contributed by atoms with Crippen molar-refractivity contribution in [1.82, 2.24) is 4.90 Å². The van der Waals surface area contributed by atoms with Crippen LogP contribution in [-0.4, -0.2) is 48.4 Å². The van der Waals surface area contributed by atoms with E-state index in [1.54, 1.807) is 6.92 Å². The highest BCUT2D eigenvalue weighted by molar-refractivity contribution is 8.18. The number of thioether (sulfide) groups is 1. The number of rotatable bonds is 10. The Morgan fingerprint density at radius 2 is 1.81 bits per heavy atom. The van der Waals surface area contributed by atoms with Gasteiger partial charge in [-0.05, 0) is 72.5 Å². The smallest absolute Gasteiger partial charge is 0.344 e. The molecule has 0 aliphatic carbocycles. The minimum Gasteiger partial charge on any atom is -0.491 e. The summed E-state index contributed by atoms with van der Waals surface area (Å²) in [6.07, 6.45) is 1.54. The van der Waals surface area contributed by atoms with Gasteiger partial charge in [0.25, 0.3) is 11.1 Å². The van der Waals surface area contributed by atoms with Gasteiger partial charge in [0.05, 0.1) is 28.1 Å². The van der Waals surface area contributed by atoms with E-state index in [2.05, 4.69) is 13.8 Å². The summed E-state index contributed by atoms with van der Waals surface area (Å²) in [5, 5.41) is -0.0654. The lowest BCUT2D eigenvalue weighted by atomic mass is 10.0. The molecule has 0 radical (unpaired) electrons. The molecule has 7 nitrogen and oxygen atoms in total. The Morgan fingerprint density at radius 1 is 1.11 bits per heavy atom. The number of nitrogens with zero attached hydrogens (tertiary/aromatic N) is 1. The van der Waals surface area contributed by atoms with Crippen molar-refractivity contribution < 1.29 is 28.6 Å². The number of halogens is 2. The topological polar surface area (TPSA) is 82.1 Å². The van der Waals surface area contributed by atoms with Gasteiger partial charge in [-0.1, -0.05) is 49.2 Å². The molecule has 3 rings (SSSR count). The fourth-order valence-electron chi connectivity index (χ4n) is 3.47. The number of esters is 1. The number of ether oxygens (including phenoxy) is 3. The van der Waals surface area contributed by atoms with E-state index in [0.29, 0.717) is 5.56 Å². The predicted octanol–water partition coefficient (Wildman–Crippen LogP) is 6.48. The number of hydrogen-bond acceptors (Lipinski definition) is 7. The van der Waals surface area contributed by atoms with E-state index in [1.165, 1.54) is 18.2 Å². The molecule has 0 N–H and O–H groups in total. The van der Waals surface area contributed by atoms with Crippen LogP contribution in [0.1, 0.15) is 43.4 Å². The number of benzene rings is 2. The zero-order valence-electron chi connectivity index (χ0n) is 20.4. The molecule has 1 aliphatic heterocycles. The van der Waals surface area contributed by atoms with Crippen LogP contribution in [0.4, 0.5) is 4.79 Å². The van der Waals surface area contributed by atoms with Crippen molar-refractivity contribution in [3.05, 3.63) is 62.0 Å². The average molecular weight is 552 g/mol. The van der Waals surface area contributed by atoms with Crippen LogP contribution in [0.25, 0.3) is 6.08 Å². The average Bonchev–Trinajstić information content (AvgIpc) is 3.06. The molecule has 36 heavy (non-hydrogen) atoms. The third-order valence-electron chi connectivity index (χ3n) is 5.20. The van der Waals surface area contributed by atoms with Crippen LogP contribution < -0.4 is 9.47 Å². The maximum Gasteiger partial charge on any atom is 0.344 e. The highest BCUT2D eigenvalue weighted by Crippen LogP contribution is 2.37. The van der Waals surface area contributed by atoms with Crippen molar-refractivity contribution in [3.8, 4) is 11.5 Å². The highest BCUT2D eigenvalue weighted by atomic mass is 35.5. The van der Waals surface area contributed by atoms with Crippen molar-refractivity contribution in [3.63, 3.8) is 0 Å². The molecular formula is C26H27Cl2NO6S. The summed E-state index contributed by atoms with van der Waals surface area (Å²) in [6.45, 7) is 8.02. The van der Waals surface area contributed by atoms with Gasteiger partial charge in [0.15, 0.2) is 12.4 Å². The summed E-state index contributed by atoms with van der Waals surface area (Å²) >= 11 is 13.4. The Morgan fingerprint density at radius 3 is 2.44 bits per heavy atom. The third kappa shape index (κ3) is 6.96. The quantitative estimate of drug-likeness (QED) is 0.246. The monoisotopic (exact) mass is 551 g/mol. The molecule has 10 heteroatoms. The second-order valence-electron chi connectivity index (χ2n) is 8.29. The van der Waals surface area contributed by atoms with Gasteiger partial charge >= 0.3 is 5.97 Å². The Kier molecular flexibility index (Phi) is 9.70. The van der Waals surface area contributed by atoms with Gasteiger partial charge < -0.3 is 14.2 Å². The van der Waals surface area contributed by atoms with Gasteiger partial charge in [-0.2, -0.15) is 0 Å². The molecule has 0 bridgehead atoms. The summed E-state index contributed by atoms with van der Waals surface area (Å²) in [5.41, 5.74) is 2.65. The number of carbonyl (C=O) groups is 3. The van der Waals surface area contributed by atoms with Gasteiger partial charge in [0.1, 0.15) is 12.4 Å². The Hall–Kier alpha value is -2.68. The van der Waals surface area contributed by atoms with Gasteiger partial charge in [-0.15, -0.1) is 0 Å². The summed E-state index contributed by atoms with van der Waals surface area (Å²) in [5.74, 6) is 0.195. The van der Waals surface area contributed by atoms with Crippen LogP contribution in [0.3, 0.4) is 0 Å². The zero-order chi connectivity index (χ0) is 26.4. The van der Waals surface area contributed by atoms with E-state index < -0.39 is 11.9 Å². The largest absolute Gasteiger partial charge is 0.491 e. The number of hydrogen-bond donors (Lipinski definition) is 0. The predicted molar refractivity (Wildman–Crippen MR) is 142 cm³/mol. The molecule has 2 amide bonds. The lowest BCUT2D eigenvalue weighted by Crippen LogP contribution is -2.32. The number of imide groups is 1. The van der Waals surface area contributed by atoms with Crippen LogP contribution >= 0.6 is 35.0 Å². The number of carbonyl (C=O) groups excluding carboxylic acids is 3. The van der Waals surface area contributed by atoms with Crippen LogP contribution in [-0.2, 0) is 14.3 Å².